The molecule has 1 aliphatic rings. The number of likely N-dealkylation sites (tertiary alicyclic amines) is 1. The topological polar surface area (TPSA) is 62.4 Å². The van der Waals surface area contributed by atoms with Gasteiger partial charge in [-0.2, -0.15) is 4.98 Å². The van der Waals surface area contributed by atoms with Crippen molar-refractivity contribution in [1.82, 2.24) is 15.0 Å². The van der Waals surface area contributed by atoms with Crippen LogP contribution in [0.25, 0.3) is 0 Å². The summed E-state index contributed by atoms with van der Waals surface area (Å²) in [6, 6.07) is 0.436. The first-order valence-electron chi connectivity index (χ1n) is 6.86. The zero-order chi connectivity index (χ0) is 13.0. The van der Waals surface area contributed by atoms with Crippen LogP contribution >= 0.6 is 0 Å². The quantitative estimate of drug-likeness (QED) is 0.888. The molecule has 2 atom stereocenters. The van der Waals surface area contributed by atoms with Gasteiger partial charge in [0.25, 0.3) is 0 Å². The van der Waals surface area contributed by atoms with Gasteiger partial charge in [0.05, 0.1) is 12.6 Å². The lowest BCUT2D eigenvalue weighted by molar-refractivity contribution is 0.106. The molecule has 0 aromatic carbocycles. The van der Waals surface area contributed by atoms with E-state index >= 15 is 0 Å². The van der Waals surface area contributed by atoms with Crippen molar-refractivity contribution in [3.8, 4) is 0 Å². The summed E-state index contributed by atoms with van der Waals surface area (Å²) in [6.07, 6.45) is 5.48. The van der Waals surface area contributed by atoms with Crippen molar-refractivity contribution in [2.24, 2.45) is 0 Å². The van der Waals surface area contributed by atoms with Gasteiger partial charge in [-0.1, -0.05) is 18.0 Å². The van der Waals surface area contributed by atoms with Gasteiger partial charge < -0.3 is 9.63 Å². The molecule has 1 aliphatic heterocycles. The molecular weight excluding hydrogens is 230 g/mol. The van der Waals surface area contributed by atoms with E-state index in [9.17, 15) is 5.11 Å². The molecule has 0 amide bonds. The summed E-state index contributed by atoms with van der Waals surface area (Å²) in [5, 5.41) is 13.6. The first kappa shape index (κ1) is 13.5. The number of aryl methyl sites for hydroxylation is 1. The van der Waals surface area contributed by atoms with Gasteiger partial charge in [-0.05, 0) is 32.7 Å². The molecule has 1 aromatic rings. The lowest BCUT2D eigenvalue weighted by atomic mass is 10.0. The van der Waals surface area contributed by atoms with Crippen LogP contribution in [0.2, 0.25) is 0 Å². The van der Waals surface area contributed by atoms with Crippen LogP contribution < -0.4 is 0 Å². The highest BCUT2D eigenvalue weighted by Gasteiger charge is 2.23. The standard InChI is InChI=1S/C13H23N3O2/c1-10(17)8-12-6-4-3-5-7-16(12)9-13-14-11(2)18-15-13/h10,12,17H,3-9H2,1-2H3. The van der Waals surface area contributed by atoms with Gasteiger partial charge in [0.15, 0.2) is 5.82 Å². The number of hydrogen-bond acceptors (Lipinski definition) is 5. The first-order valence-corrected chi connectivity index (χ1v) is 6.86. The highest BCUT2D eigenvalue weighted by atomic mass is 16.5. The molecule has 2 unspecified atom stereocenters. The Labute approximate surface area is 108 Å². The average Bonchev–Trinajstić information content (AvgIpc) is 2.58. The molecule has 1 saturated heterocycles. The smallest absolute Gasteiger partial charge is 0.223 e. The fourth-order valence-electron chi connectivity index (χ4n) is 2.69. The number of aromatic nitrogens is 2. The van der Waals surface area contributed by atoms with Gasteiger partial charge in [0.1, 0.15) is 0 Å². The number of rotatable bonds is 4. The summed E-state index contributed by atoms with van der Waals surface area (Å²) in [7, 11) is 0. The van der Waals surface area contributed by atoms with Crippen molar-refractivity contribution in [1.29, 1.82) is 0 Å². The van der Waals surface area contributed by atoms with E-state index in [1.54, 1.807) is 0 Å². The van der Waals surface area contributed by atoms with Gasteiger partial charge in [0.2, 0.25) is 5.89 Å². The van der Waals surface area contributed by atoms with Gasteiger partial charge in [-0.25, -0.2) is 0 Å². The molecule has 0 aliphatic carbocycles. The lowest BCUT2D eigenvalue weighted by Gasteiger charge is -2.29. The summed E-state index contributed by atoms with van der Waals surface area (Å²) >= 11 is 0. The van der Waals surface area contributed by atoms with Crippen LogP contribution in [-0.2, 0) is 6.54 Å². The summed E-state index contributed by atoms with van der Waals surface area (Å²) in [4.78, 5) is 6.66. The Morgan fingerprint density at radius 3 is 2.94 bits per heavy atom. The molecule has 1 aromatic heterocycles. The molecule has 0 bridgehead atoms. The van der Waals surface area contributed by atoms with Crippen LogP contribution in [0.15, 0.2) is 4.52 Å². The van der Waals surface area contributed by atoms with Crippen molar-refractivity contribution in [3.63, 3.8) is 0 Å². The molecule has 102 valence electrons. The van der Waals surface area contributed by atoms with Crippen LogP contribution in [0.4, 0.5) is 0 Å². The first-order chi connectivity index (χ1) is 8.65. The molecule has 18 heavy (non-hydrogen) atoms. The third-order valence-electron chi connectivity index (χ3n) is 3.53. The van der Waals surface area contributed by atoms with Crippen molar-refractivity contribution in [2.45, 2.75) is 64.6 Å². The number of hydrogen-bond donors (Lipinski definition) is 1. The van der Waals surface area contributed by atoms with Crippen LogP contribution in [0, 0.1) is 6.92 Å². The Morgan fingerprint density at radius 1 is 1.44 bits per heavy atom. The molecular formula is C13H23N3O2. The Morgan fingerprint density at radius 2 is 2.28 bits per heavy atom. The second-order valence-electron chi connectivity index (χ2n) is 5.29. The maximum atomic E-state index is 9.61. The van der Waals surface area contributed by atoms with E-state index in [4.69, 9.17) is 4.52 Å². The van der Waals surface area contributed by atoms with Crippen molar-refractivity contribution < 1.29 is 9.63 Å². The second kappa shape index (κ2) is 6.29. The van der Waals surface area contributed by atoms with Gasteiger partial charge in [-0.15, -0.1) is 0 Å². The Kier molecular flexibility index (Phi) is 4.72. The fraction of sp³-hybridized carbons (Fsp3) is 0.846. The normalized spacial score (nSPS) is 23.8. The monoisotopic (exact) mass is 253 g/mol. The van der Waals surface area contributed by atoms with Crippen LogP contribution in [0.3, 0.4) is 0 Å². The summed E-state index contributed by atoms with van der Waals surface area (Å²) in [5.74, 6) is 1.37. The van der Waals surface area contributed by atoms with E-state index in [1.165, 1.54) is 19.3 Å². The molecule has 1 fully saturated rings. The zero-order valence-electron chi connectivity index (χ0n) is 11.3. The van der Waals surface area contributed by atoms with E-state index in [0.29, 0.717) is 11.9 Å². The van der Waals surface area contributed by atoms with E-state index in [-0.39, 0.29) is 6.10 Å². The molecule has 0 radical (unpaired) electrons. The predicted octanol–water partition coefficient (Wildman–Crippen LogP) is 1.89. The minimum Gasteiger partial charge on any atom is -0.393 e. The number of aliphatic hydroxyl groups is 1. The maximum Gasteiger partial charge on any atom is 0.223 e. The van der Waals surface area contributed by atoms with Crippen molar-refractivity contribution in [2.75, 3.05) is 6.54 Å². The molecule has 1 N–H and O–H groups in total. The fourth-order valence-corrected chi connectivity index (χ4v) is 2.69. The molecule has 5 heteroatoms. The average molecular weight is 253 g/mol. The summed E-state index contributed by atoms with van der Waals surface area (Å²) in [5.41, 5.74) is 0. The van der Waals surface area contributed by atoms with Crippen molar-refractivity contribution >= 4 is 0 Å². The van der Waals surface area contributed by atoms with E-state index in [1.807, 2.05) is 13.8 Å². The number of aliphatic hydroxyl groups excluding tert-OH is 1. The van der Waals surface area contributed by atoms with Gasteiger partial charge >= 0.3 is 0 Å². The minimum atomic E-state index is -0.248. The molecule has 0 saturated carbocycles. The number of nitrogens with zero attached hydrogens (tertiary/aromatic N) is 3. The molecule has 2 rings (SSSR count). The highest BCUT2D eigenvalue weighted by molar-refractivity contribution is 4.87. The van der Waals surface area contributed by atoms with E-state index in [2.05, 4.69) is 15.0 Å². The summed E-state index contributed by atoms with van der Waals surface area (Å²) < 4.78 is 5.02. The van der Waals surface area contributed by atoms with Crippen LogP contribution in [-0.4, -0.2) is 38.8 Å². The van der Waals surface area contributed by atoms with Crippen molar-refractivity contribution in [3.05, 3.63) is 11.7 Å². The molecule has 0 spiro atoms. The lowest BCUT2D eigenvalue weighted by Crippen LogP contribution is -2.36. The second-order valence-corrected chi connectivity index (χ2v) is 5.29. The largest absolute Gasteiger partial charge is 0.393 e. The predicted molar refractivity (Wildman–Crippen MR) is 68.0 cm³/mol. The zero-order valence-corrected chi connectivity index (χ0v) is 11.3. The highest BCUT2D eigenvalue weighted by Crippen LogP contribution is 2.22. The SMILES string of the molecule is Cc1nc(CN2CCCCCC2CC(C)O)no1. The van der Waals surface area contributed by atoms with Crippen LogP contribution in [0.1, 0.15) is 50.7 Å². The third kappa shape index (κ3) is 3.78. The Hall–Kier alpha value is -0.940. The van der Waals surface area contributed by atoms with E-state index < -0.39 is 0 Å². The van der Waals surface area contributed by atoms with Gasteiger partial charge in [0, 0.05) is 13.0 Å². The maximum absolute atomic E-state index is 9.61. The minimum absolute atomic E-state index is 0.248. The Bertz CT molecular complexity index is 365. The summed E-state index contributed by atoms with van der Waals surface area (Å²) in [6.45, 7) is 5.47. The van der Waals surface area contributed by atoms with E-state index in [0.717, 1.165) is 31.8 Å². The Balaban J connectivity index is 2.00. The molecule has 2 heterocycles. The molecule has 5 nitrogen and oxygen atoms in total. The van der Waals surface area contributed by atoms with Crippen LogP contribution in [0.5, 0.6) is 0 Å². The third-order valence-corrected chi connectivity index (χ3v) is 3.53. The van der Waals surface area contributed by atoms with Gasteiger partial charge in [-0.3, -0.25) is 4.90 Å².